The van der Waals surface area contributed by atoms with Crippen LogP contribution in [0.3, 0.4) is 0 Å². The second-order valence-electron chi connectivity index (χ2n) is 5.24. The van der Waals surface area contributed by atoms with Gasteiger partial charge in [-0.3, -0.25) is 0 Å². The average Bonchev–Trinajstić information content (AvgIpc) is 3.07. The third-order valence-corrected chi connectivity index (χ3v) is 3.79. The molecule has 1 aliphatic heterocycles. The molecule has 2 aromatic carbocycles. The van der Waals surface area contributed by atoms with Crippen molar-refractivity contribution in [2.75, 3.05) is 14.2 Å². The molecule has 6 heteroatoms. The van der Waals surface area contributed by atoms with Gasteiger partial charge in [0.1, 0.15) is 0 Å². The van der Waals surface area contributed by atoms with Crippen molar-refractivity contribution in [3.05, 3.63) is 59.7 Å². The van der Waals surface area contributed by atoms with Crippen LogP contribution in [0.1, 0.15) is 17.2 Å². The summed E-state index contributed by atoms with van der Waals surface area (Å²) in [5.41, 5.74) is 1.40. The van der Waals surface area contributed by atoms with Gasteiger partial charge in [-0.25, -0.2) is 9.79 Å². The minimum Gasteiger partial charge on any atom is -0.493 e. The van der Waals surface area contributed by atoms with Crippen LogP contribution < -0.4 is 9.47 Å². The monoisotopic (exact) mass is 327 g/mol. The van der Waals surface area contributed by atoms with Crippen molar-refractivity contribution in [3.63, 3.8) is 0 Å². The van der Waals surface area contributed by atoms with Gasteiger partial charge in [0.15, 0.2) is 23.6 Å². The second kappa shape index (κ2) is 6.62. The molecular weight excluding hydrogens is 310 g/mol. The predicted molar refractivity (Wildman–Crippen MR) is 87.8 cm³/mol. The fourth-order valence-electron chi connectivity index (χ4n) is 2.60. The lowest BCUT2D eigenvalue weighted by atomic mass is 10.0. The molecule has 2 unspecified atom stereocenters. The smallest absolute Gasteiger partial charge is 0.332 e. The van der Waals surface area contributed by atoms with E-state index in [1.54, 1.807) is 25.3 Å². The largest absolute Gasteiger partial charge is 0.493 e. The molecular formula is C18H17NO5. The summed E-state index contributed by atoms with van der Waals surface area (Å²) >= 11 is 0. The Morgan fingerprint density at radius 3 is 2.42 bits per heavy atom. The number of aliphatic carboxylic acids is 1. The van der Waals surface area contributed by atoms with E-state index in [1.807, 2.05) is 30.3 Å². The quantitative estimate of drug-likeness (QED) is 0.913. The van der Waals surface area contributed by atoms with Crippen LogP contribution >= 0.6 is 0 Å². The van der Waals surface area contributed by atoms with Gasteiger partial charge in [-0.15, -0.1) is 0 Å². The van der Waals surface area contributed by atoms with Crippen molar-refractivity contribution >= 4 is 11.9 Å². The maximum Gasteiger partial charge on any atom is 0.332 e. The molecule has 0 aliphatic carbocycles. The molecule has 6 nitrogen and oxygen atoms in total. The summed E-state index contributed by atoms with van der Waals surface area (Å²) in [7, 11) is 3.07. The van der Waals surface area contributed by atoms with Crippen molar-refractivity contribution in [1.29, 1.82) is 0 Å². The maximum absolute atomic E-state index is 11.6. The summed E-state index contributed by atoms with van der Waals surface area (Å²) in [4.78, 5) is 15.8. The molecule has 0 spiro atoms. The Morgan fingerprint density at radius 2 is 1.79 bits per heavy atom. The molecule has 1 heterocycles. The van der Waals surface area contributed by atoms with Crippen LogP contribution in [0.2, 0.25) is 0 Å². The zero-order chi connectivity index (χ0) is 17.1. The Hall–Kier alpha value is -3.02. The Kier molecular flexibility index (Phi) is 4.37. The number of aliphatic imine (C=N–C) groups is 1. The summed E-state index contributed by atoms with van der Waals surface area (Å²) in [5.74, 6) is 0.356. The zero-order valence-corrected chi connectivity index (χ0v) is 13.3. The van der Waals surface area contributed by atoms with E-state index in [0.717, 1.165) is 5.56 Å². The van der Waals surface area contributed by atoms with Crippen LogP contribution in [0.25, 0.3) is 0 Å². The zero-order valence-electron chi connectivity index (χ0n) is 13.3. The molecule has 124 valence electrons. The molecule has 1 aliphatic rings. The normalized spacial score (nSPS) is 19.3. The summed E-state index contributed by atoms with van der Waals surface area (Å²) in [5, 5.41) is 9.49. The Labute approximate surface area is 139 Å². The highest BCUT2D eigenvalue weighted by atomic mass is 16.5. The summed E-state index contributed by atoms with van der Waals surface area (Å²) in [6, 6.07) is 13.4. The number of carboxylic acids is 1. The van der Waals surface area contributed by atoms with E-state index < -0.39 is 18.1 Å². The topological polar surface area (TPSA) is 77.4 Å². The molecule has 2 aromatic rings. The maximum atomic E-state index is 11.6. The number of nitrogens with zero attached hydrogens (tertiary/aromatic N) is 1. The van der Waals surface area contributed by atoms with E-state index in [4.69, 9.17) is 14.2 Å². The van der Waals surface area contributed by atoms with Crippen molar-refractivity contribution in [2.45, 2.75) is 12.1 Å². The number of rotatable bonds is 5. The average molecular weight is 327 g/mol. The van der Waals surface area contributed by atoms with E-state index in [-0.39, 0.29) is 0 Å². The van der Waals surface area contributed by atoms with Crippen molar-refractivity contribution in [3.8, 4) is 11.5 Å². The number of hydrogen-bond acceptors (Lipinski definition) is 5. The van der Waals surface area contributed by atoms with Gasteiger partial charge in [-0.05, 0) is 29.8 Å². The van der Waals surface area contributed by atoms with Gasteiger partial charge >= 0.3 is 5.97 Å². The first-order valence-electron chi connectivity index (χ1n) is 7.38. The third kappa shape index (κ3) is 2.90. The number of methoxy groups -OCH3 is 2. The van der Waals surface area contributed by atoms with Crippen LogP contribution in [0.5, 0.6) is 11.5 Å². The van der Waals surface area contributed by atoms with E-state index in [9.17, 15) is 9.90 Å². The predicted octanol–water partition coefficient (Wildman–Crippen LogP) is 2.68. The van der Waals surface area contributed by atoms with Gasteiger partial charge in [0.2, 0.25) is 5.90 Å². The summed E-state index contributed by atoms with van der Waals surface area (Å²) in [6.07, 6.45) is -0.725. The van der Waals surface area contributed by atoms with Crippen molar-refractivity contribution in [1.82, 2.24) is 0 Å². The standard InChI is InChI=1S/C18H17NO5/c1-22-13-9-8-12(10-14(13)23-2)16-15(18(20)21)19-17(24-16)11-6-4-3-5-7-11/h3-10,15-16H,1-2H3,(H,20,21). The van der Waals surface area contributed by atoms with Gasteiger partial charge < -0.3 is 19.3 Å². The molecule has 1 N–H and O–H groups in total. The van der Waals surface area contributed by atoms with Crippen LogP contribution in [0.4, 0.5) is 0 Å². The number of carboxylic acid groups (broad SMARTS) is 1. The van der Waals surface area contributed by atoms with Gasteiger partial charge in [-0.1, -0.05) is 24.3 Å². The molecule has 2 atom stereocenters. The molecule has 0 amide bonds. The first-order chi connectivity index (χ1) is 11.6. The lowest BCUT2D eigenvalue weighted by Gasteiger charge is -2.17. The van der Waals surface area contributed by atoms with E-state index in [0.29, 0.717) is 23.0 Å². The summed E-state index contributed by atoms with van der Waals surface area (Å²) < 4.78 is 16.3. The fourth-order valence-corrected chi connectivity index (χ4v) is 2.60. The minimum absolute atomic E-state index is 0.322. The SMILES string of the molecule is COc1ccc(C2OC(c3ccccc3)=NC2C(=O)O)cc1OC. The lowest BCUT2D eigenvalue weighted by molar-refractivity contribution is -0.140. The van der Waals surface area contributed by atoms with Crippen LogP contribution in [-0.4, -0.2) is 37.2 Å². The highest BCUT2D eigenvalue weighted by Crippen LogP contribution is 2.36. The van der Waals surface area contributed by atoms with Crippen LogP contribution in [0.15, 0.2) is 53.5 Å². The Morgan fingerprint density at radius 1 is 1.08 bits per heavy atom. The molecule has 0 fully saturated rings. The Bertz CT molecular complexity index is 772. The third-order valence-electron chi connectivity index (χ3n) is 3.79. The van der Waals surface area contributed by atoms with Crippen molar-refractivity contribution in [2.24, 2.45) is 4.99 Å². The molecule has 3 rings (SSSR count). The molecule has 0 aromatic heterocycles. The first-order valence-corrected chi connectivity index (χ1v) is 7.38. The van der Waals surface area contributed by atoms with Crippen LogP contribution in [0, 0.1) is 0 Å². The number of hydrogen-bond donors (Lipinski definition) is 1. The number of benzene rings is 2. The van der Waals surface area contributed by atoms with Gasteiger partial charge in [0.25, 0.3) is 0 Å². The van der Waals surface area contributed by atoms with Gasteiger partial charge in [-0.2, -0.15) is 0 Å². The van der Waals surface area contributed by atoms with Gasteiger partial charge in [0.05, 0.1) is 14.2 Å². The molecule has 0 radical (unpaired) electrons. The molecule has 0 saturated carbocycles. The van der Waals surface area contributed by atoms with Crippen molar-refractivity contribution < 1.29 is 24.1 Å². The Balaban J connectivity index is 1.95. The molecule has 24 heavy (non-hydrogen) atoms. The second-order valence-corrected chi connectivity index (χ2v) is 5.24. The van der Waals surface area contributed by atoms with Gasteiger partial charge in [0, 0.05) is 5.56 Å². The molecule has 0 saturated heterocycles. The fraction of sp³-hybridized carbons (Fsp3) is 0.222. The first kappa shape index (κ1) is 15.9. The highest BCUT2D eigenvalue weighted by molar-refractivity contribution is 5.97. The van der Waals surface area contributed by atoms with E-state index in [2.05, 4.69) is 4.99 Å². The van der Waals surface area contributed by atoms with Crippen LogP contribution in [-0.2, 0) is 9.53 Å². The summed E-state index contributed by atoms with van der Waals surface area (Å²) in [6.45, 7) is 0. The van der Waals surface area contributed by atoms with E-state index >= 15 is 0 Å². The molecule has 0 bridgehead atoms. The highest BCUT2D eigenvalue weighted by Gasteiger charge is 2.38. The number of carbonyl (C=O) groups is 1. The minimum atomic E-state index is -1.04. The van der Waals surface area contributed by atoms with E-state index in [1.165, 1.54) is 7.11 Å². The lowest BCUT2D eigenvalue weighted by Crippen LogP contribution is -2.23. The number of ether oxygens (including phenoxy) is 3.